The van der Waals surface area contributed by atoms with Crippen molar-refractivity contribution in [2.45, 2.75) is 19.4 Å². The van der Waals surface area contributed by atoms with Gasteiger partial charge >= 0.3 is 6.09 Å². The van der Waals surface area contributed by atoms with Gasteiger partial charge in [-0.2, -0.15) is 0 Å². The standard InChI is InChI=1S/C27H22Cl2FN3O4/c1-15(22-20(28)7-8-21(30)23(22)29)36-25-24-18(13-32-26(25)31)19(14-35-24)16-9-11-33(12-10-16)27(34)37-17-5-3-2-4-6-17/h2-9,13-15H,10-12H2,1H3,(H2,31,32)/t15-/m1/s1. The molecule has 2 N–H and O–H groups in total. The van der Waals surface area contributed by atoms with Crippen molar-refractivity contribution >= 4 is 51.7 Å². The van der Waals surface area contributed by atoms with E-state index in [0.29, 0.717) is 41.8 Å². The summed E-state index contributed by atoms with van der Waals surface area (Å²) >= 11 is 12.4. The van der Waals surface area contributed by atoms with Gasteiger partial charge in [-0.1, -0.05) is 47.5 Å². The van der Waals surface area contributed by atoms with Crippen LogP contribution in [-0.4, -0.2) is 29.1 Å². The summed E-state index contributed by atoms with van der Waals surface area (Å²) in [5.74, 6) is 0.204. The Labute approximate surface area is 222 Å². The molecule has 190 valence electrons. The molecule has 1 aliphatic rings. The normalized spacial score (nSPS) is 14.4. The number of halogens is 3. The minimum atomic E-state index is -0.739. The predicted octanol–water partition coefficient (Wildman–Crippen LogP) is 7.28. The Morgan fingerprint density at radius 1 is 1.22 bits per heavy atom. The Hall–Kier alpha value is -3.75. The highest BCUT2D eigenvalue weighted by Gasteiger charge is 2.25. The SMILES string of the molecule is C[C@@H](Oc1c(N)ncc2c(C3=CCN(C(=O)Oc4ccccc4)CC3)coc12)c1c(Cl)ccc(F)c1Cl. The number of nitrogens with two attached hydrogens (primary N) is 1. The summed E-state index contributed by atoms with van der Waals surface area (Å²) in [4.78, 5) is 18.4. The first-order valence-corrected chi connectivity index (χ1v) is 12.3. The maximum absolute atomic E-state index is 14.0. The Bertz CT molecular complexity index is 1510. The number of aromatic nitrogens is 1. The van der Waals surface area contributed by atoms with Crippen LogP contribution in [0.5, 0.6) is 11.5 Å². The molecule has 1 atom stereocenters. The van der Waals surface area contributed by atoms with E-state index in [2.05, 4.69) is 4.98 Å². The average Bonchev–Trinajstić information content (AvgIpc) is 3.33. The Morgan fingerprint density at radius 3 is 2.73 bits per heavy atom. The van der Waals surface area contributed by atoms with E-state index in [4.69, 9.17) is 42.8 Å². The largest absolute Gasteiger partial charge is 0.478 e. The summed E-state index contributed by atoms with van der Waals surface area (Å²) in [7, 11) is 0. The number of fused-ring (bicyclic) bond motifs is 1. The molecule has 3 heterocycles. The molecule has 1 aliphatic heterocycles. The van der Waals surface area contributed by atoms with Gasteiger partial charge < -0.3 is 24.5 Å². The molecular weight excluding hydrogens is 520 g/mol. The number of amides is 1. The monoisotopic (exact) mass is 541 g/mol. The number of carbonyl (C=O) groups is 1. The number of rotatable bonds is 5. The van der Waals surface area contributed by atoms with E-state index in [1.807, 2.05) is 24.3 Å². The molecular formula is C27H22Cl2FN3O4. The molecule has 0 unspecified atom stereocenters. The molecule has 0 saturated carbocycles. The molecule has 1 amide bonds. The van der Waals surface area contributed by atoms with Crippen LogP contribution in [0.3, 0.4) is 0 Å². The van der Waals surface area contributed by atoms with Gasteiger partial charge in [0.15, 0.2) is 11.4 Å². The first-order chi connectivity index (χ1) is 17.8. The molecule has 2 aromatic carbocycles. The van der Waals surface area contributed by atoms with Crippen molar-refractivity contribution in [3.05, 3.63) is 88.0 Å². The van der Waals surface area contributed by atoms with Gasteiger partial charge in [0.1, 0.15) is 17.7 Å². The van der Waals surface area contributed by atoms with Crippen molar-refractivity contribution < 1.29 is 23.1 Å². The Balaban J connectivity index is 1.37. The van der Waals surface area contributed by atoms with Crippen molar-refractivity contribution in [2.24, 2.45) is 0 Å². The lowest BCUT2D eigenvalue weighted by Crippen LogP contribution is -2.36. The lowest BCUT2D eigenvalue weighted by molar-refractivity contribution is 0.157. The summed E-state index contributed by atoms with van der Waals surface area (Å²) in [6, 6.07) is 11.5. The van der Waals surface area contributed by atoms with Gasteiger partial charge in [0.2, 0.25) is 5.75 Å². The number of ether oxygens (including phenoxy) is 2. The topological polar surface area (TPSA) is 90.8 Å². The number of hydrogen-bond acceptors (Lipinski definition) is 6. The second kappa shape index (κ2) is 10.3. The van der Waals surface area contributed by atoms with Crippen LogP contribution >= 0.6 is 23.2 Å². The minimum Gasteiger partial charge on any atom is -0.478 e. The van der Waals surface area contributed by atoms with Gasteiger partial charge in [-0.25, -0.2) is 14.2 Å². The van der Waals surface area contributed by atoms with Crippen LogP contribution in [0.25, 0.3) is 16.5 Å². The fourth-order valence-corrected chi connectivity index (χ4v) is 4.91. The van der Waals surface area contributed by atoms with Crippen molar-refractivity contribution in [1.29, 1.82) is 0 Å². The van der Waals surface area contributed by atoms with Gasteiger partial charge in [-0.3, -0.25) is 0 Å². The number of carbonyl (C=O) groups excluding carboxylic acids is 1. The smallest absolute Gasteiger partial charge is 0.415 e. The van der Waals surface area contributed by atoms with E-state index < -0.39 is 18.0 Å². The lowest BCUT2D eigenvalue weighted by Gasteiger charge is -2.25. The number of para-hydroxylation sites is 1. The molecule has 4 aromatic rings. The van der Waals surface area contributed by atoms with Gasteiger partial charge in [-0.05, 0) is 43.2 Å². The number of nitrogen functional groups attached to an aromatic ring is 1. The molecule has 37 heavy (non-hydrogen) atoms. The molecule has 0 radical (unpaired) electrons. The van der Waals surface area contributed by atoms with Crippen LogP contribution in [-0.2, 0) is 0 Å². The second-order valence-corrected chi connectivity index (χ2v) is 9.27. The highest BCUT2D eigenvalue weighted by molar-refractivity contribution is 6.36. The fourth-order valence-electron chi connectivity index (χ4n) is 4.23. The Kier molecular flexibility index (Phi) is 6.95. The van der Waals surface area contributed by atoms with Gasteiger partial charge in [0.05, 0.1) is 16.7 Å². The Morgan fingerprint density at radius 2 is 2.00 bits per heavy atom. The molecule has 10 heteroatoms. The van der Waals surface area contributed by atoms with E-state index in [1.54, 1.807) is 36.4 Å². The van der Waals surface area contributed by atoms with Crippen molar-refractivity contribution in [2.75, 3.05) is 18.8 Å². The van der Waals surface area contributed by atoms with Gasteiger partial charge in [0.25, 0.3) is 0 Å². The van der Waals surface area contributed by atoms with E-state index in [9.17, 15) is 9.18 Å². The highest BCUT2D eigenvalue weighted by atomic mass is 35.5. The van der Waals surface area contributed by atoms with Gasteiger partial charge in [0, 0.05) is 35.4 Å². The molecule has 5 rings (SSSR count). The summed E-state index contributed by atoms with van der Waals surface area (Å²) in [6.45, 7) is 2.54. The number of nitrogens with zero attached hydrogens (tertiary/aromatic N) is 2. The molecule has 7 nitrogen and oxygen atoms in total. The molecule has 0 saturated heterocycles. The summed E-state index contributed by atoms with van der Waals surface area (Å²) in [5, 5.41) is 0.835. The third-order valence-corrected chi connectivity index (χ3v) is 6.86. The number of pyridine rings is 1. The van der Waals surface area contributed by atoms with Gasteiger partial charge in [-0.15, -0.1) is 0 Å². The van der Waals surface area contributed by atoms with E-state index in [1.165, 1.54) is 12.1 Å². The third kappa shape index (κ3) is 4.95. The fraction of sp³-hybridized carbons (Fsp3) is 0.185. The number of hydrogen-bond donors (Lipinski definition) is 1. The van der Waals surface area contributed by atoms with Crippen LogP contribution in [0.1, 0.15) is 30.6 Å². The molecule has 0 aliphatic carbocycles. The van der Waals surface area contributed by atoms with Crippen molar-refractivity contribution in [3.8, 4) is 11.5 Å². The maximum atomic E-state index is 14.0. The molecule has 0 spiro atoms. The van der Waals surface area contributed by atoms with E-state index >= 15 is 0 Å². The zero-order valence-corrected chi connectivity index (χ0v) is 21.2. The zero-order valence-electron chi connectivity index (χ0n) is 19.7. The maximum Gasteiger partial charge on any atom is 0.415 e. The number of anilines is 1. The van der Waals surface area contributed by atoms with Crippen molar-refractivity contribution in [3.63, 3.8) is 0 Å². The third-order valence-electron chi connectivity index (χ3n) is 6.14. The first kappa shape index (κ1) is 24.9. The number of furan rings is 1. The van der Waals surface area contributed by atoms with Crippen LogP contribution in [0.4, 0.5) is 15.0 Å². The molecule has 0 bridgehead atoms. The van der Waals surface area contributed by atoms with Crippen LogP contribution in [0.15, 0.2) is 65.4 Å². The summed E-state index contributed by atoms with van der Waals surface area (Å²) < 4.78 is 31.4. The lowest BCUT2D eigenvalue weighted by atomic mass is 9.99. The van der Waals surface area contributed by atoms with Crippen molar-refractivity contribution in [1.82, 2.24) is 9.88 Å². The molecule has 2 aromatic heterocycles. The van der Waals surface area contributed by atoms with Crippen LogP contribution in [0, 0.1) is 5.82 Å². The first-order valence-electron chi connectivity index (χ1n) is 11.5. The second-order valence-electron chi connectivity index (χ2n) is 8.49. The van der Waals surface area contributed by atoms with Crippen LogP contribution < -0.4 is 15.2 Å². The number of benzene rings is 2. The quantitative estimate of drug-likeness (QED) is 0.267. The van der Waals surface area contributed by atoms with E-state index in [0.717, 1.165) is 11.1 Å². The average molecular weight is 542 g/mol. The molecule has 0 fully saturated rings. The summed E-state index contributed by atoms with van der Waals surface area (Å²) in [6.07, 6.45) is 4.61. The highest BCUT2D eigenvalue weighted by Crippen LogP contribution is 2.41. The predicted molar refractivity (Wildman–Crippen MR) is 141 cm³/mol. The zero-order chi connectivity index (χ0) is 26.1. The van der Waals surface area contributed by atoms with E-state index in [-0.39, 0.29) is 21.6 Å². The summed E-state index contributed by atoms with van der Waals surface area (Å²) in [5.41, 5.74) is 8.61. The minimum absolute atomic E-state index is 0.108. The van der Waals surface area contributed by atoms with Crippen LogP contribution in [0.2, 0.25) is 10.0 Å².